The van der Waals surface area contributed by atoms with Gasteiger partial charge < -0.3 is 15.9 Å². The third kappa shape index (κ3) is 4.01. The lowest BCUT2D eigenvalue weighted by Crippen LogP contribution is -2.02. The fourth-order valence-electron chi connectivity index (χ4n) is 0.891. The van der Waals surface area contributed by atoms with E-state index in [0.717, 1.165) is 5.56 Å². The number of halogens is 1. The molecule has 1 aromatic carbocycles. The van der Waals surface area contributed by atoms with E-state index in [1.54, 1.807) is 6.07 Å². The summed E-state index contributed by atoms with van der Waals surface area (Å²) in [6, 6.07) is 4.71. The molecular weight excluding hydrogens is 190 g/mol. The molecule has 0 unspecified atom stereocenters. The fourth-order valence-corrected chi connectivity index (χ4v) is 0.891. The number of phenols is 2. The largest absolute Gasteiger partial charge is 0.504 e. The minimum absolute atomic E-state index is 0.0871. The maximum absolute atomic E-state index is 9.04. The van der Waals surface area contributed by atoms with Crippen LogP contribution in [0.2, 0.25) is 0 Å². The molecule has 0 aliphatic rings. The van der Waals surface area contributed by atoms with E-state index in [9.17, 15) is 0 Å². The van der Waals surface area contributed by atoms with Gasteiger partial charge in [0.2, 0.25) is 0 Å². The average Bonchev–Trinajstić information content (AvgIpc) is 2.15. The summed E-state index contributed by atoms with van der Waals surface area (Å²) in [7, 11) is 0. The van der Waals surface area contributed by atoms with Gasteiger partial charge in [-0.1, -0.05) is 6.07 Å². The Balaban J connectivity index is 0.000000671. The molecular formula is C9H14ClNO2. The van der Waals surface area contributed by atoms with Gasteiger partial charge in [0.1, 0.15) is 0 Å². The normalized spacial score (nSPS) is 8.85. The van der Waals surface area contributed by atoms with Crippen molar-refractivity contribution in [3.63, 3.8) is 0 Å². The van der Waals surface area contributed by atoms with Crippen LogP contribution in [-0.4, -0.2) is 23.1 Å². The second kappa shape index (κ2) is 6.57. The minimum Gasteiger partial charge on any atom is -0.504 e. The predicted octanol–water partition coefficient (Wildman–Crippen LogP) is 1.45. The molecule has 4 N–H and O–H groups in total. The number of aromatic hydroxyl groups is 2. The van der Waals surface area contributed by atoms with E-state index in [2.05, 4.69) is 11.6 Å². The number of phenolic OH excluding ortho intramolecular Hbond substituents is 2. The van der Waals surface area contributed by atoms with Crippen molar-refractivity contribution in [2.45, 2.75) is 6.42 Å². The first-order valence-corrected chi connectivity index (χ1v) is 4.58. The summed E-state index contributed by atoms with van der Waals surface area (Å²) in [5, 5.41) is 18.0. The highest BCUT2D eigenvalue weighted by Crippen LogP contribution is 2.24. The van der Waals surface area contributed by atoms with Crippen molar-refractivity contribution in [2.24, 2.45) is 5.73 Å². The maximum Gasteiger partial charge on any atom is 0.157 e. The first-order chi connectivity index (χ1) is 6.24. The summed E-state index contributed by atoms with van der Waals surface area (Å²) >= 11 is 4.64. The predicted molar refractivity (Wildman–Crippen MR) is 54.3 cm³/mol. The first-order valence-electron chi connectivity index (χ1n) is 3.83. The molecule has 0 radical (unpaired) electrons. The summed E-state index contributed by atoms with van der Waals surface area (Å²) in [6.07, 6.45) is 2.19. The van der Waals surface area contributed by atoms with Gasteiger partial charge in [-0.25, -0.2) is 0 Å². The SMILES string of the molecule is CCl.NCCc1ccc(O)c(O)c1. The lowest BCUT2D eigenvalue weighted by atomic mass is 10.1. The summed E-state index contributed by atoms with van der Waals surface area (Å²) in [4.78, 5) is 0. The third-order valence-electron chi connectivity index (χ3n) is 1.47. The average molecular weight is 204 g/mol. The van der Waals surface area contributed by atoms with Crippen LogP contribution in [0.25, 0.3) is 0 Å². The highest BCUT2D eigenvalue weighted by Gasteiger charge is 1.98. The molecule has 0 amide bonds. The number of hydrogen-bond acceptors (Lipinski definition) is 3. The Kier molecular flexibility index (Phi) is 6.10. The second-order valence-corrected chi connectivity index (χ2v) is 2.36. The Labute approximate surface area is 82.8 Å². The quantitative estimate of drug-likeness (QED) is 0.504. The zero-order valence-electron chi connectivity index (χ0n) is 7.50. The van der Waals surface area contributed by atoms with Crippen molar-refractivity contribution in [1.29, 1.82) is 0 Å². The number of hydrogen-bond donors (Lipinski definition) is 3. The molecule has 0 bridgehead atoms. The van der Waals surface area contributed by atoms with Crippen molar-refractivity contribution < 1.29 is 10.2 Å². The van der Waals surface area contributed by atoms with Gasteiger partial charge >= 0.3 is 0 Å². The Morgan fingerprint density at radius 3 is 2.31 bits per heavy atom. The molecule has 0 spiro atoms. The molecule has 74 valence electrons. The number of benzene rings is 1. The maximum atomic E-state index is 9.04. The number of alkyl halides is 1. The van der Waals surface area contributed by atoms with Crippen LogP contribution in [-0.2, 0) is 6.42 Å². The topological polar surface area (TPSA) is 66.5 Å². The molecule has 0 aliphatic heterocycles. The van der Waals surface area contributed by atoms with Crippen molar-refractivity contribution in [2.75, 3.05) is 12.9 Å². The van der Waals surface area contributed by atoms with Gasteiger partial charge in [-0.3, -0.25) is 0 Å². The minimum atomic E-state index is -0.0919. The molecule has 0 atom stereocenters. The fraction of sp³-hybridized carbons (Fsp3) is 0.333. The second-order valence-electron chi connectivity index (χ2n) is 2.36. The summed E-state index contributed by atoms with van der Waals surface area (Å²) in [6.45, 7) is 0.546. The smallest absolute Gasteiger partial charge is 0.157 e. The van der Waals surface area contributed by atoms with Crippen LogP contribution in [0.5, 0.6) is 11.5 Å². The molecule has 1 aromatic rings. The van der Waals surface area contributed by atoms with Crippen LogP contribution in [0.15, 0.2) is 18.2 Å². The van der Waals surface area contributed by atoms with Gasteiger partial charge in [-0.05, 0) is 30.7 Å². The van der Waals surface area contributed by atoms with E-state index in [1.807, 2.05) is 0 Å². The lowest BCUT2D eigenvalue weighted by molar-refractivity contribution is 0.403. The molecule has 0 aliphatic carbocycles. The number of rotatable bonds is 2. The van der Waals surface area contributed by atoms with Gasteiger partial charge in [-0.2, -0.15) is 0 Å². The summed E-state index contributed by atoms with van der Waals surface area (Å²) in [5.74, 6) is -0.179. The third-order valence-corrected chi connectivity index (χ3v) is 1.47. The molecule has 0 saturated heterocycles. The highest BCUT2D eigenvalue weighted by atomic mass is 35.5. The van der Waals surface area contributed by atoms with Crippen LogP contribution < -0.4 is 5.73 Å². The van der Waals surface area contributed by atoms with Gasteiger partial charge in [0.25, 0.3) is 0 Å². The standard InChI is InChI=1S/C8H11NO2.CH3Cl/c9-4-3-6-1-2-7(10)8(11)5-6;1-2/h1-2,5,10-11H,3-4,9H2;1H3. The summed E-state index contributed by atoms with van der Waals surface area (Å²) in [5.41, 5.74) is 6.24. The number of nitrogens with two attached hydrogens (primary N) is 1. The lowest BCUT2D eigenvalue weighted by Gasteiger charge is -2.00. The van der Waals surface area contributed by atoms with Crippen LogP contribution in [0.3, 0.4) is 0 Å². The summed E-state index contributed by atoms with van der Waals surface area (Å²) < 4.78 is 0. The monoisotopic (exact) mass is 203 g/mol. The van der Waals surface area contributed by atoms with Gasteiger partial charge in [0, 0.05) is 6.38 Å². The molecule has 0 aromatic heterocycles. The van der Waals surface area contributed by atoms with Gasteiger partial charge in [0.15, 0.2) is 11.5 Å². The van der Waals surface area contributed by atoms with E-state index in [4.69, 9.17) is 15.9 Å². The Hall–Kier alpha value is -0.930. The van der Waals surface area contributed by atoms with Crippen molar-refractivity contribution in [3.8, 4) is 11.5 Å². The van der Waals surface area contributed by atoms with Crippen molar-refractivity contribution in [1.82, 2.24) is 0 Å². The Morgan fingerprint density at radius 1 is 1.23 bits per heavy atom. The van der Waals surface area contributed by atoms with Crippen LogP contribution in [0.4, 0.5) is 0 Å². The van der Waals surface area contributed by atoms with E-state index >= 15 is 0 Å². The van der Waals surface area contributed by atoms with Gasteiger partial charge in [-0.15, -0.1) is 11.6 Å². The molecule has 3 nitrogen and oxygen atoms in total. The molecule has 4 heteroatoms. The van der Waals surface area contributed by atoms with Gasteiger partial charge in [0.05, 0.1) is 0 Å². The van der Waals surface area contributed by atoms with Crippen LogP contribution in [0, 0.1) is 0 Å². The van der Waals surface area contributed by atoms with Crippen LogP contribution >= 0.6 is 11.6 Å². The van der Waals surface area contributed by atoms with Crippen molar-refractivity contribution in [3.05, 3.63) is 23.8 Å². The molecule has 0 fully saturated rings. The van der Waals surface area contributed by atoms with E-state index in [1.165, 1.54) is 18.5 Å². The Bertz CT molecular complexity index is 253. The molecule has 0 heterocycles. The van der Waals surface area contributed by atoms with E-state index in [-0.39, 0.29) is 11.5 Å². The van der Waals surface area contributed by atoms with E-state index in [0.29, 0.717) is 13.0 Å². The molecule has 0 saturated carbocycles. The highest BCUT2D eigenvalue weighted by molar-refractivity contribution is 6.15. The molecule has 1 rings (SSSR count). The zero-order chi connectivity index (χ0) is 10.3. The zero-order valence-corrected chi connectivity index (χ0v) is 8.25. The van der Waals surface area contributed by atoms with Crippen LogP contribution in [0.1, 0.15) is 5.56 Å². The first kappa shape index (κ1) is 12.1. The molecule has 13 heavy (non-hydrogen) atoms. The van der Waals surface area contributed by atoms with Crippen molar-refractivity contribution >= 4 is 11.6 Å². The van der Waals surface area contributed by atoms with E-state index < -0.39 is 0 Å². The Morgan fingerprint density at radius 2 is 1.85 bits per heavy atom.